The van der Waals surface area contributed by atoms with Crippen LogP contribution in [-0.4, -0.2) is 16.1 Å². The molecule has 0 saturated heterocycles. The number of rotatable bonds is 1. The number of alkyl halides is 3. The molecule has 1 aliphatic carbocycles. The molecule has 2 rings (SSSR count). The lowest BCUT2D eigenvalue weighted by Gasteiger charge is -2.29. The van der Waals surface area contributed by atoms with Gasteiger partial charge in [-0.25, -0.2) is 9.97 Å². The molecule has 1 aliphatic rings. The Balaban J connectivity index is 2.00. The lowest BCUT2D eigenvalue weighted by atomic mass is 9.80. The number of aryl methyl sites for hydroxylation is 1. The van der Waals surface area contributed by atoms with Gasteiger partial charge in [0.05, 0.1) is 5.92 Å². The Labute approximate surface area is 98.3 Å². The van der Waals surface area contributed by atoms with Gasteiger partial charge in [0.1, 0.15) is 6.33 Å². The third-order valence-electron chi connectivity index (χ3n) is 3.43. The Hall–Kier alpha value is -1.13. The van der Waals surface area contributed by atoms with E-state index in [-0.39, 0.29) is 18.8 Å². The minimum absolute atomic E-state index is 0.162. The van der Waals surface area contributed by atoms with Crippen LogP contribution in [0.4, 0.5) is 13.2 Å². The smallest absolute Gasteiger partial charge is 0.242 e. The van der Waals surface area contributed by atoms with E-state index < -0.39 is 12.1 Å². The van der Waals surface area contributed by atoms with Gasteiger partial charge in [-0.05, 0) is 38.7 Å². The quantitative estimate of drug-likeness (QED) is 0.754. The van der Waals surface area contributed by atoms with Crippen LogP contribution in [0.25, 0.3) is 0 Å². The van der Waals surface area contributed by atoms with Crippen LogP contribution in [-0.2, 0) is 0 Å². The normalized spacial score (nSPS) is 25.9. The van der Waals surface area contributed by atoms with Gasteiger partial charge in [-0.1, -0.05) is 0 Å². The van der Waals surface area contributed by atoms with Crippen LogP contribution in [0.3, 0.4) is 0 Å². The first kappa shape index (κ1) is 12.3. The summed E-state index contributed by atoms with van der Waals surface area (Å²) in [5, 5.41) is 0. The number of aromatic nitrogens is 2. The van der Waals surface area contributed by atoms with Crippen LogP contribution in [0.5, 0.6) is 0 Å². The zero-order valence-corrected chi connectivity index (χ0v) is 9.67. The fourth-order valence-corrected chi connectivity index (χ4v) is 2.41. The second-order valence-electron chi connectivity index (χ2n) is 4.67. The molecule has 0 atom stereocenters. The Morgan fingerprint density at radius 3 is 2.29 bits per heavy atom. The molecule has 17 heavy (non-hydrogen) atoms. The van der Waals surface area contributed by atoms with Gasteiger partial charge in [-0.3, -0.25) is 0 Å². The lowest BCUT2D eigenvalue weighted by Crippen LogP contribution is -2.27. The van der Waals surface area contributed by atoms with Crippen LogP contribution in [0.15, 0.2) is 12.4 Å². The average Bonchev–Trinajstić information content (AvgIpc) is 2.28. The molecule has 1 fully saturated rings. The second-order valence-corrected chi connectivity index (χ2v) is 4.67. The van der Waals surface area contributed by atoms with Crippen molar-refractivity contribution in [3.8, 4) is 0 Å². The predicted octanol–water partition coefficient (Wildman–Crippen LogP) is 3.62. The van der Waals surface area contributed by atoms with Crippen molar-refractivity contribution >= 4 is 0 Å². The first-order chi connectivity index (χ1) is 7.97. The Morgan fingerprint density at radius 2 is 1.76 bits per heavy atom. The van der Waals surface area contributed by atoms with Gasteiger partial charge >= 0.3 is 6.18 Å². The summed E-state index contributed by atoms with van der Waals surface area (Å²) in [5.41, 5.74) is 1.76. The van der Waals surface area contributed by atoms with E-state index in [4.69, 9.17) is 0 Å². The first-order valence-electron chi connectivity index (χ1n) is 5.82. The lowest BCUT2D eigenvalue weighted by molar-refractivity contribution is -0.182. The molecule has 1 aromatic rings. The SMILES string of the molecule is Cc1cc(C2CCC(C(F)(F)F)CC2)ncn1. The van der Waals surface area contributed by atoms with E-state index in [9.17, 15) is 13.2 Å². The zero-order valence-electron chi connectivity index (χ0n) is 9.67. The van der Waals surface area contributed by atoms with Crippen molar-refractivity contribution in [2.45, 2.75) is 44.7 Å². The predicted molar refractivity (Wildman–Crippen MR) is 57.5 cm³/mol. The molecule has 0 aromatic carbocycles. The van der Waals surface area contributed by atoms with Gasteiger partial charge in [0.25, 0.3) is 0 Å². The summed E-state index contributed by atoms with van der Waals surface area (Å²) in [6.07, 6.45) is -0.969. The van der Waals surface area contributed by atoms with Crippen LogP contribution in [0.2, 0.25) is 0 Å². The van der Waals surface area contributed by atoms with E-state index in [1.165, 1.54) is 6.33 Å². The summed E-state index contributed by atoms with van der Waals surface area (Å²) in [4.78, 5) is 8.16. The van der Waals surface area contributed by atoms with Crippen LogP contribution in [0.1, 0.15) is 43.0 Å². The number of hydrogen-bond donors (Lipinski definition) is 0. The molecule has 1 saturated carbocycles. The van der Waals surface area contributed by atoms with Crippen LogP contribution >= 0.6 is 0 Å². The van der Waals surface area contributed by atoms with Gasteiger partial charge in [0.2, 0.25) is 0 Å². The van der Waals surface area contributed by atoms with Gasteiger partial charge in [-0.2, -0.15) is 13.2 Å². The molecule has 0 spiro atoms. The molecule has 0 amide bonds. The Bertz CT molecular complexity index is 382. The minimum atomic E-state index is -4.04. The van der Waals surface area contributed by atoms with E-state index >= 15 is 0 Å². The van der Waals surface area contributed by atoms with Crippen molar-refractivity contribution in [2.24, 2.45) is 5.92 Å². The second kappa shape index (κ2) is 4.63. The van der Waals surface area contributed by atoms with Crippen molar-refractivity contribution in [3.05, 3.63) is 23.8 Å². The third kappa shape index (κ3) is 2.96. The maximum atomic E-state index is 12.5. The molecule has 1 aromatic heterocycles. The van der Waals surface area contributed by atoms with Crippen LogP contribution < -0.4 is 0 Å². The topological polar surface area (TPSA) is 25.8 Å². The summed E-state index contributed by atoms with van der Waals surface area (Å²) in [6, 6.07) is 1.87. The maximum Gasteiger partial charge on any atom is 0.391 e. The summed E-state index contributed by atoms with van der Waals surface area (Å²) >= 11 is 0. The fourth-order valence-electron chi connectivity index (χ4n) is 2.41. The molecule has 94 valence electrons. The van der Waals surface area contributed by atoms with Gasteiger partial charge < -0.3 is 0 Å². The molecule has 1 heterocycles. The molecular weight excluding hydrogens is 229 g/mol. The maximum absolute atomic E-state index is 12.5. The van der Waals surface area contributed by atoms with E-state index in [1.807, 2.05) is 13.0 Å². The van der Waals surface area contributed by atoms with Crippen molar-refractivity contribution < 1.29 is 13.2 Å². The molecule has 0 bridgehead atoms. The van der Waals surface area contributed by atoms with Gasteiger partial charge in [-0.15, -0.1) is 0 Å². The minimum Gasteiger partial charge on any atom is -0.242 e. The summed E-state index contributed by atoms with van der Waals surface area (Å²) in [6.45, 7) is 1.87. The molecule has 0 unspecified atom stereocenters. The largest absolute Gasteiger partial charge is 0.391 e. The van der Waals surface area contributed by atoms with Crippen LogP contribution in [0, 0.1) is 12.8 Å². The summed E-state index contributed by atoms with van der Waals surface area (Å²) in [5.74, 6) is -0.961. The molecule has 0 aliphatic heterocycles. The van der Waals surface area contributed by atoms with Crippen molar-refractivity contribution in [1.82, 2.24) is 9.97 Å². The highest BCUT2D eigenvalue weighted by Crippen LogP contribution is 2.42. The fraction of sp³-hybridized carbons (Fsp3) is 0.667. The van der Waals surface area contributed by atoms with Crippen molar-refractivity contribution in [1.29, 1.82) is 0 Å². The monoisotopic (exact) mass is 244 g/mol. The zero-order chi connectivity index (χ0) is 12.5. The first-order valence-corrected chi connectivity index (χ1v) is 5.82. The average molecular weight is 244 g/mol. The van der Waals surface area contributed by atoms with Crippen molar-refractivity contribution in [2.75, 3.05) is 0 Å². The Kier molecular flexibility index (Phi) is 3.35. The highest BCUT2D eigenvalue weighted by Gasteiger charge is 2.41. The van der Waals surface area contributed by atoms with Gasteiger partial charge in [0, 0.05) is 17.3 Å². The number of hydrogen-bond acceptors (Lipinski definition) is 2. The number of halogens is 3. The van der Waals surface area contributed by atoms with E-state index in [0.717, 1.165) is 11.4 Å². The standard InChI is InChI=1S/C12H15F3N2/c1-8-6-11(17-7-16-8)9-2-4-10(5-3-9)12(13,14)15/h6-7,9-10H,2-5H2,1H3. The highest BCUT2D eigenvalue weighted by atomic mass is 19.4. The van der Waals surface area contributed by atoms with E-state index in [0.29, 0.717) is 12.8 Å². The van der Waals surface area contributed by atoms with E-state index in [1.54, 1.807) is 0 Å². The third-order valence-corrected chi connectivity index (χ3v) is 3.43. The molecule has 0 N–H and O–H groups in total. The van der Waals surface area contributed by atoms with Gasteiger partial charge in [0.15, 0.2) is 0 Å². The summed E-state index contributed by atoms with van der Waals surface area (Å²) in [7, 11) is 0. The molecule has 5 heteroatoms. The number of nitrogens with zero attached hydrogens (tertiary/aromatic N) is 2. The highest BCUT2D eigenvalue weighted by molar-refractivity contribution is 5.12. The molecular formula is C12H15F3N2. The summed E-state index contributed by atoms with van der Waals surface area (Å²) < 4.78 is 37.5. The van der Waals surface area contributed by atoms with E-state index in [2.05, 4.69) is 9.97 Å². The Morgan fingerprint density at radius 1 is 1.12 bits per heavy atom. The van der Waals surface area contributed by atoms with Crippen molar-refractivity contribution in [3.63, 3.8) is 0 Å². The molecule has 0 radical (unpaired) electrons. The molecule has 2 nitrogen and oxygen atoms in total.